The first-order valence-electron chi connectivity index (χ1n) is 18.7. The zero-order valence-electron chi connectivity index (χ0n) is 29.4. The number of nitrogens with one attached hydrogen (secondary N) is 4. The van der Waals surface area contributed by atoms with E-state index in [4.69, 9.17) is 31.8 Å². The van der Waals surface area contributed by atoms with Crippen LogP contribution < -0.4 is 22.1 Å². The lowest BCUT2D eigenvalue weighted by Gasteiger charge is -2.38. The number of hydrogen-bond donors (Lipinski definition) is 6. The molecule has 1 saturated carbocycles. The Morgan fingerprint density at radius 3 is 1.12 bits per heavy atom. The van der Waals surface area contributed by atoms with Crippen LogP contribution >= 0.6 is 0 Å². The second-order valence-electron chi connectivity index (χ2n) is 14.5. The number of carbonyl (C=O) groups excluding carboxylic acids is 4. The maximum Gasteiger partial charge on any atom is 0.410 e. The molecule has 0 aromatic heterocycles. The van der Waals surface area contributed by atoms with Crippen molar-refractivity contribution in [3.8, 4) is 0 Å². The number of carbonyl (C=O) groups is 4. The highest BCUT2D eigenvalue weighted by Crippen LogP contribution is 2.27. The fraction of sp³-hybridized carbons (Fsp3) is 0.824. The van der Waals surface area contributed by atoms with E-state index in [1.165, 1.54) is 0 Å². The molecule has 2 unspecified atom stereocenters. The monoisotopic (exact) mass is 702 g/mol. The number of piperazine rings is 2. The molecule has 1 aliphatic carbocycles. The van der Waals surface area contributed by atoms with Crippen LogP contribution in [-0.2, 0) is 19.1 Å². The van der Waals surface area contributed by atoms with Crippen molar-refractivity contribution < 1.29 is 28.7 Å². The molecule has 5 aliphatic rings. The van der Waals surface area contributed by atoms with Gasteiger partial charge in [-0.3, -0.25) is 20.4 Å². The Balaban J connectivity index is 0.993. The first-order valence-corrected chi connectivity index (χ1v) is 18.7. The van der Waals surface area contributed by atoms with Crippen LogP contribution in [0.15, 0.2) is 0 Å². The van der Waals surface area contributed by atoms with Crippen LogP contribution in [0.2, 0.25) is 0 Å². The second kappa shape index (κ2) is 18.0. The summed E-state index contributed by atoms with van der Waals surface area (Å²) < 4.78 is 11.8. The van der Waals surface area contributed by atoms with Crippen LogP contribution in [0.25, 0.3) is 0 Å². The van der Waals surface area contributed by atoms with Gasteiger partial charge in [0.2, 0.25) is 11.8 Å². The zero-order valence-corrected chi connectivity index (χ0v) is 29.4. The predicted molar refractivity (Wildman–Crippen MR) is 187 cm³/mol. The molecule has 2 atom stereocenters. The Kier molecular flexibility index (Phi) is 13.5. The Hall–Kier alpha value is -3.66. The van der Waals surface area contributed by atoms with E-state index < -0.39 is 11.8 Å². The van der Waals surface area contributed by atoms with Gasteiger partial charge in [0, 0.05) is 52.4 Å². The Morgan fingerprint density at radius 1 is 0.520 bits per heavy atom. The summed E-state index contributed by atoms with van der Waals surface area (Å²) in [7, 11) is 0. The van der Waals surface area contributed by atoms with Crippen molar-refractivity contribution in [2.24, 2.45) is 35.1 Å². The van der Waals surface area contributed by atoms with Gasteiger partial charge in [0.15, 0.2) is 0 Å². The lowest BCUT2D eigenvalue weighted by molar-refractivity contribution is -0.137. The fourth-order valence-electron chi connectivity index (χ4n) is 8.25. The third-order valence-corrected chi connectivity index (χ3v) is 11.3. The minimum absolute atomic E-state index is 0.0658. The van der Waals surface area contributed by atoms with E-state index in [0.717, 1.165) is 64.7 Å². The number of amidine groups is 2. The van der Waals surface area contributed by atoms with Crippen molar-refractivity contribution in [1.82, 2.24) is 30.2 Å². The van der Waals surface area contributed by atoms with Gasteiger partial charge in [-0.25, -0.2) is 9.59 Å². The highest BCUT2D eigenvalue weighted by Gasteiger charge is 2.38. The van der Waals surface area contributed by atoms with Gasteiger partial charge in [-0.2, -0.15) is 0 Å². The molecule has 5 rings (SSSR count). The molecule has 5 fully saturated rings. The van der Waals surface area contributed by atoms with Gasteiger partial charge in [0.05, 0.1) is 11.8 Å². The third kappa shape index (κ3) is 9.77. The molecule has 8 N–H and O–H groups in total. The molecule has 50 heavy (non-hydrogen) atoms. The van der Waals surface area contributed by atoms with Crippen molar-refractivity contribution in [2.45, 2.75) is 76.4 Å². The van der Waals surface area contributed by atoms with Gasteiger partial charge in [0.25, 0.3) is 0 Å². The van der Waals surface area contributed by atoms with Gasteiger partial charge >= 0.3 is 12.2 Å². The Morgan fingerprint density at radius 2 is 0.820 bits per heavy atom. The van der Waals surface area contributed by atoms with Gasteiger partial charge in [-0.1, -0.05) is 0 Å². The third-order valence-electron chi connectivity index (χ3n) is 11.3. The molecule has 16 heteroatoms. The van der Waals surface area contributed by atoms with Crippen LogP contribution in [0.4, 0.5) is 9.59 Å². The van der Waals surface area contributed by atoms with Gasteiger partial charge in [-0.15, -0.1) is 0 Å². The Labute approximate surface area is 295 Å². The van der Waals surface area contributed by atoms with E-state index in [9.17, 15) is 19.2 Å². The number of hydrogen-bond acceptors (Lipinski definition) is 10. The first kappa shape index (κ1) is 37.6. The minimum Gasteiger partial charge on any atom is -0.446 e. The van der Waals surface area contributed by atoms with Gasteiger partial charge in [0.1, 0.15) is 23.9 Å². The average Bonchev–Trinajstić information content (AvgIpc) is 3.11. The minimum atomic E-state index is -0.606. The largest absolute Gasteiger partial charge is 0.446 e. The van der Waals surface area contributed by atoms with Crippen molar-refractivity contribution in [3.05, 3.63) is 0 Å². The average molecular weight is 703 g/mol. The highest BCUT2D eigenvalue weighted by atomic mass is 16.6. The van der Waals surface area contributed by atoms with Gasteiger partial charge in [-0.05, 0) is 102 Å². The smallest absolute Gasteiger partial charge is 0.410 e. The summed E-state index contributed by atoms with van der Waals surface area (Å²) in [5.74, 6) is -1.47. The SMILES string of the molecule is N=C(N)C(C(=O)N1CCN(C(=O)O[C@H]2CCC[C@@H](OC(=O)N3CCN(C(=O)C(C(=N)N)C4CCNCC4)CC3)CCC2)CC1)C1CCNCC1. The zero-order chi connectivity index (χ0) is 35.6. The van der Waals surface area contributed by atoms with Crippen molar-refractivity contribution in [2.75, 3.05) is 78.5 Å². The molecular weight excluding hydrogens is 644 g/mol. The molecule has 4 aliphatic heterocycles. The summed E-state index contributed by atoms with van der Waals surface area (Å²) >= 11 is 0. The summed E-state index contributed by atoms with van der Waals surface area (Å²) in [6, 6.07) is 0. The number of nitrogens with two attached hydrogens (primary N) is 2. The number of amides is 4. The molecule has 4 saturated heterocycles. The molecule has 0 spiro atoms. The van der Waals surface area contributed by atoms with E-state index in [2.05, 4.69) is 10.6 Å². The number of nitrogens with zero attached hydrogens (tertiary/aromatic N) is 4. The summed E-state index contributed by atoms with van der Waals surface area (Å²) in [6.45, 7) is 6.36. The van der Waals surface area contributed by atoms with Crippen molar-refractivity contribution in [1.29, 1.82) is 10.8 Å². The molecular formula is C34H58N10O6. The molecule has 0 aromatic carbocycles. The van der Waals surface area contributed by atoms with E-state index in [0.29, 0.717) is 78.0 Å². The quantitative estimate of drug-likeness (QED) is 0.154. The fourth-order valence-corrected chi connectivity index (χ4v) is 8.25. The summed E-state index contributed by atoms with van der Waals surface area (Å²) in [6.07, 6.45) is 6.36. The second-order valence-corrected chi connectivity index (χ2v) is 14.5. The molecule has 280 valence electrons. The molecule has 4 heterocycles. The summed E-state index contributed by atoms with van der Waals surface area (Å²) in [5, 5.41) is 22.7. The molecule has 0 bridgehead atoms. The summed E-state index contributed by atoms with van der Waals surface area (Å²) in [4.78, 5) is 59.5. The van der Waals surface area contributed by atoms with Crippen molar-refractivity contribution >= 4 is 35.7 Å². The topological polar surface area (TPSA) is 224 Å². The van der Waals surface area contributed by atoms with Crippen LogP contribution in [-0.4, -0.2) is 146 Å². The first-order chi connectivity index (χ1) is 24.1. The van der Waals surface area contributed by atoms with Gasteiger partial charge < -0.3 is 51.2 Å². The number of piperidine rings is 2. The molecule has 4 amide bonds. The lowest BCUT2D eigenvalue weighted by atomic mass is 9.83. The van der Waals surface area contributed by atoms with Crippen LogP contribution in [0.1, 0.15) is 64.2 Å². The van der Waals surface area contributed by atoms with E-state index in [-0.39, 0.29) is 59.7 Å². The molecule has 16 nitrogen and oxygen atoms in total. The molecule has 0 aromatic rings. The van der Waals surface area contributed by atoms with E-state index in [1.807, 2.05) is 0 Å². The van der Waals surface area contributed by atoms with Crippen molar-refractivity contribution in [3.63, 3.8) is 0 Å². The maximum absolute atomic E-state index is 13.3. The predicted octanol–water partition coefficient (Wildman–Crippen LogP) is 0.743. The molecule has 0 radical (unpaired) electrons. The normalized spacial score (nSPS) is 25.8. The number of ether oxygens (including phenoxy) is 2. The Bertz CT molecular complexity index is 1110. The highest BCUT2D eigenvalue weighted by molar-refractivity contribution is 6.02. The standard InChI is InChI=1S/C34H58N10O6/c35-29(36)27(23-7-11-39-12-8-23)31(45)41-15-19-43(20-16-41)33(47)49-25-3-1-4-26(6-2-5-25)50-34(48)44-21-17-42(18-22-44)32(46)28(30(37)38)24-9-13-40-14-10-24/h23-28,39-40H,1-22H2,(H3,35,36)(H3,37,38)/t25-,26+,27?,28?. The lowest BCUT2D eigenvalue weighted by Crippen LogP contribution is -2.55. The van der Waals surface area contributed by atoms with E-state index in [1.54, 1.807) is 19.6 Å². The maximum atomic E-state index is 13.3. The van der Waals surface area contributed by atoms with Crippen LogP contribution in [0.5, 0.6) is 0 Å². The van der Waals surface area contributed by atoms with E-state index >= 15 is 0 Å². The van der Waals surface area contributed by atoms with Crippen LogP contribution in [0, 0.1) is 34.5 Å². The van der Waals surface area contributed by atoms with Crippen LogP contribution in [0.3, 0.4) is 0 Å². The number of rotatable bonds is 8. The summed E-state index contributed by atoms with van der Waals surface area (Å²) in [5.41, 5.74) is 11.8.